The van der Waals surface area contributed by atoms with Gasteiger partial charge in [0.25, 0.3) is 5.91 Å². The second kappa shape index (κ2) is 8.84. The maximum Gasteiger partial charge on any atom is 0.344 e. The Morgan fingerprint density at radius 3 is 2.71 bits per heavy atom. The topological polar surface area (TPSA) is 83.1 Å². The Balaban J connectivity index is 1.42. The molecule has 28 heavy (non-hydrogen) atoms. The third-order valence-electron chi connectivity index (χ3n) is 4.12. The lowest BCUT2D eigenvalue weighted by Gasteiger charge is -2.15. The van der Waals surface area contributed by atoms with Crippen molar-refractivity contribution in [1.29, 1.82) is 0 Å². The normalized spacial score (nSPS) is 13.0. The second-order valence-electron chi connectivity index (χ2n) is 6.26. The summed E-state index contributed by atoms with van der Waals surface area (Å²) in [5, 5.41) is 3.35. The number of aryl methyl sites for hydroxylation is 1. The van der Waals surface area contributed by atoms with Crippen LogP contribution in [0.5, 0.6) is 17.2 Å². The van der Waals surface area contributed by atoms with Crippen molar-refractivity contribution in [1.82, 2.24) is 5.32 Å². The summed E-state index contributed by atoms with van der Waals surface area (Å²) in [4.78, 5) is 23.8. The molecule has 0 spiro atoms. The monoisotopic (exact) mass is 405 g/mol. The SMILES string of the molecule is Cc1cc(Cl)ccc1OCC(=O)OCC(=O)N[C@H](C)c1ccc2c(c1)OCO2. The van der Waals surface area contributed by atoms with Crippen molar-refractivity contribution in [3.63, 3.8) is 0 Å². The average molecular weight is 406 g/mol. The van der Waals surface area contributed by atoms with Gasteiger partial charge in [-0.25, -0.2) is 4.79 Å². The minimum absolute atomic E-state index is 0.188. The van der Waals surface area contributed by atoms with E-state index in [1.807, 2.05) is 26.0 Å². The van der Waals surface area contributed by atoms with Crippen molar-refractivity contribution in [3.8, 4) is 17.2 Å². The molecule has 1 N–H and O–H groups in total. The smallest absolute Gasteiger partial charge is 0.344 e. The number of nitrogens with one attached hydrogen (secondary N) is 1. The molecule has 0 aromatic heterocycles. The van der Waals surface area contributed by atoms with E-state index in [1.165, 1.54) is 0 Å². The zero-order chi connectivity index (χ0) is 20.1. The number of hydrogen-bond acceptors (Lipinski definition) is 6. The van der Waals surface area contributed by atoms with Crippen LogP contribution in [0.25, 0.3) is 0 Å². The third kappa shape index (κ3) is 5.07. The fourth-order valence-electron chi connectivity index (χ4n) is 2.65. The molecular weight excluding hydrogens is 386 g/mol. The van der Waals surface area contributed by atoms with Crippen LogP contribution in [0.3, 0.4) is 0 Å². The molecule has 7 nitrogen and oxygen atoms in total. The molecule has 0 saturated heterocycles. The van der Waals surface area contributed by atoms with Crippen LogP contribution in [-0.2, 0) is 14.3 Å². The Bertz CT molecular complexity index is 885. The minimum Gasteiger partial charge on any atom is -0.482 e. The molecule has 2 aromatic rings. The summed E-state index contributed by atoms with van der Waals surface area (Å²) in [7, 11) is 0. The summed E-state index contributed by atoms with van der Waals surface area (Å²) in [6, 6.07) is 10.2. The highest BCUT2D eigenvalue weighted by Gasteiger charge is 2.17. The maximum absolute atomic E-state index is 12.0. The zero-order valence-electron chi connectivity index (χ0n) is 15.5. The van der Waals surface area contributed by atoms with Gasteiger partial charge >= 0.3 is 5.97 Å². The van der Waals surface area contributed by atoms with Crippen LogP contribution in [0, 0.1) is 6.92 Å². The summed E-state index contributed by atoms with van der Waals surface area (Å²) in [6.07, 6.45) is 0. The molecule has 0 saturated carbocycles. The first-order valence-electron chi connectivity index (χ1n) is 8.66. The maximum atomic E-state index is 12.0. The van der Waals surface area contributed by atoms with E-state index in [1.54, 1.807) is 24.3 Å². The third-order valence-corrected chi connectivity index (χ3v) is 4.36. The highest BCUT2D eigenvalue weighted by Crippen LogP contribution is 2.34. The number of halogens is 1. The summed E-state index contributed by atoms with van der Waals surface area (Å²) in [5.41, 5.74) is 1.65. The van der Waals surface area contributed by atoms with Crippen molar-refractivity contribution in [2.45, 2.75) is 19.9 Å². The van der Waals surface area contributed by atoms with Gasteiger partial charge in [-0.1, -0.05) is 17.7 Å². The van der Waals surface area contributed by atoms with E-state index in [0.717, 1.165) is 11.1 Å². The van der Waals surface area contributed by atoms with Crippen LogP contribution in [-0.4, -0.2) is 31.9 Å². The van der Waals surface area contributed by atoms with E-state index in [2.05, 4.69) is 5.32 Å². The number of benzene rings is 2. The van der Waals surface area contributed by atoms with Gasteiger partial charge in [0, 0.05) is 5.02 Å². The number of ether oxygens (including phenoxy) is 4. The first-order valence-corrected chi connectivity index (χ1v) is 9.03. The van der Waals surface area contributed by atoms with Crippen LogP contribution in [0.2, 0.25) is 5.02 Å². The molecule has 0 fully saturated rings. The number of fused-ring (bicyclic) bond motifs is 1. The lowest BCUT2D eigenvalue weighted by Crippen LogP contribution is -2.32. The Morgan fingerprint density at radius 2 is 1.93 bits per heavy atom. The van der Waals surface area contributed by atoms with Gasteiger partial charge in [-0.05, 0) is 55.3 Å². The fourth-order valence-corrected chi connectivity index (χ4v) is 2.87. The molecule has 148 valence electrons. The second-order valence-corrected chi connectivity index (χ2v) is 6.70. The molecule has 0 radical (unpaired) electrons. The lowest BCUT2D eigenvalue weighted by molar-refractivity contribution is -0.150. The van der Waals surface area contributed by atoms with Crippen molar-refractivity contribution in [2.24, 2.45) is 0 Å². The number of esters is 1. The fraction of sp³-hybridized carbons (Fsp3) is 0.300. The first-order chi connectivity index (χ1) is 13.4. The van der Waals surface area contributed by atoms with E-state index in [4.69, 9.17) is 30.5 Å². The van der Waals surface area contributed by atoms with Crippen LogP contribution < -0.4 is 19.5 Å². The van der Waals surface area contributed by atoms with Crippen LogP contribution in [0.1, 0.15) is 24.1 Å². The molecule has 8 heteroatoms. The molecule has 2 aromatic carbocycles. The Hall–Kier alpha value is -2.93. The van der Waals surface area contributed by atoms with E-state index < -0.39 is 18.5 Å². The molecule has 0 bridgehead atoms. The Kier molecular flexibility index (Phi) is 6.26. The summed E-state index contributed by atoms with van der Waals surface area (Å²) >= 11 is 5.87. The average Bonchev–Trinajstić information content (AvgIpc) is 3.13. The predicted octanol–water partition coefficient (Wildman–Crippen LogP) is 3.18. The van der Waals surface area contributed by atoms with Crippen molar-refractivity contribution in [3.05, 3.63) is 52.5 Å². The molecule has 1 aliphatic rings. The largest absolute Gasteiger partial charge is 0.482 e. The molecule has 3 rings (SSSR count). The van der Waals surface area contributed by atoms with Gasteiger partial charge in [-0.2, -0.15) is 0 Å². The quantitative estimate of drug-likeness (QED) is 0.712. The van der Waals surface area contributed by atoms with Gasteiger partial charge in [0.2, 0.25) is 6.79 Å². The minimum atomic E-state index is -0.639. The number of carbonyl (C=O) groups excluding carboxylic acids is 2. The highest BCUT2D eigenvalue weighted by molar-refractivity contribution is 6.30. The number of hydrogen-bond donors (Lipinski definition) is 1. The lowest BCUT2D eigenvalue weighted by atomic mass is 10.1. The predicted molar refractivity (Wildman–Crippen MR) is 102 cm³/mol. The van der Waals surface area contributed by atoms with Gasteiger partial charge < -0.3 is 24.3 Å². The molecular formula is C20H20ClNO6. The number of rotatable bonds is 7. The molecule has 1 heterocycles. The number of carbonyl (C=O) groups is 2. The Labute approximate surface area is 167 Å². The molecule has 0 aliphatic carbocycles. The van der Waals surface area contributed by atoms with Crippen LogP contribution in [0.4, 0.5) is 0 Å². The van der Waals surface area contributed by atoms with Gasteiger partial charge in [-0.3, -0.25) is 4.79 Å². The molecule has 1 aliphatic heterocycles. The summed E-state index contributed by atoms with van der Waals surface area (Å²) in [6.45, 7) is 3.14. The van der Waals surface area contributed by atoms with Crippen molar-refractivity contribution >= 4 is 23.5 Å². The van der Waals surface area contributed by atoms with Gasteiger partial charge in [0.1, 0.15) is 5.75 Å². The van der Waals surface area contributed by atoms with Gasteiger partial charge in [0.05, 0.1) is 6.04 Å². The van der Waals surface area contributed by atoms with E-state index >= 15 is 0 Å². The summed E-state index contributed by atoms with van der Waals surface area (Å²) in [5.74, 6) is 0.787. The van der Waals surface area contributed by atoms with Gasteiger partial charge in [0.15, 0.2) is 24.7 Å². The summed E-state index contributed by atoms with van der Waals surface area (Å²) < 4.78 is 20.9. The zero-order valence-corrected chi connectivity index (χ0v) is 16.2. The molecule has 1 amide bonds. The van der Waals surface area contributed by atoms with Crippen LogP contribution in [0.15, 0.2) is 36.4 Å². The van der Waals surface area contributed by atoms with Crippen molar-refractivity contribution in [2.75, 3.05) is 20.0 Å². The van der Waals surface area contributed by atoms with E-state index in [9.17, 15) is 9.59 Å². The van der Waals surface area contributed by atoms with Gasteiger partial charge in [-0.15, -0.1) is 0 Å². The van der Waals surface area contributed by atoms with E-state index in [0.29, 0.717) is 22.3 Å². The highest BCUT2D eigenvalue weighted by atomic mass is 35.5. The van der Waals surface area contributed by atoms with Crippen LogP contribution >= 0.6 is 11.6 Å². The first kappa shape index (κ1) is 19.8. The Morgan fingerprint density at radius 1 is 1.14 bits per heavy atom. The standard InChI is InChI=1S/C20H20ClNO6/c1-12-7-15(21)4-6-16(12)25-10-20(24)26-9-19(23)22-13(2)14-3-5-17-18(8-14)28-11-27-17/h3-8,13H,9-11H2,1-2H3,(H,22,23)/t13-/m1/s1. The molecule has 0 unspecified atom stereocenters. The molecule has 1 atom stereocenters. The van der Waals surface area contributed by atoms with E-state index in [-0.39, 0.29) is 19.4 Å². The van der Waals surface area contributed by atoms with Crippen molar-refractivity contribution < 1.29 is 28.5 Å². The number of amides is 1.